The fourth-order valence-electron chi connectivity index (χ4n) is 1.63. The first kappa shape index (κ1) is 16.4. The number of nitrogens with zero attached hydrogens (tertiary/aromatic N) is 2. The van der Waals surface area contributed by atoms with E-state index in [9.17, 15) is 4.79 Å². The highest BCUT2D eigenvalue weighted by atomic mass is 32.1. The van der Waals surface area contributed by atoms with Gasteiger partial charge < -0.3 is 16.0 Å². The predicted octanol–water partition coefficient (Wildman–Crippen LogP) is 0.951. The average molecular weight is 297 g/mol. The number of aliphatic imine (C=N–C) groups is 1. The molecule has 1 rings (SSSR count). The van der Waals surface area contributed by atoms with Crippen LogP contribution in [0.2, 0.25) is 0 Å². The molecule has 0 aliphatic rings. The molecule has 0 fully saturated rings. The van der Waals surface area contributed by atoms with E-state index in [1.54, 1.807) is 11.3 Å². The Morgan fingerprint density at radius 3 is 2.50 bits per heavy atom. The summed E-state index contributed by atoms with van der Waals surface area (Å²) < 4.78 is 0. The molecule has 0 radical (unpaired) electrons. The zero-order chi connectivity index (χ0) is 15.0. The summed E-state index contributed by atoms with van der Waals surface area (Å²) in [5.74, 6) is 0.729. The van der Waals surface area contributed by atoms with Crippen molar-refractivity contribution in [3.05, 3.63) is 15.6 Å². The van der Waals surface area contributed by atoms with Crippen molar-refractivity contribution in [2.75, 3.05) is 19.6 Å². The lowest BCUT2D eigenvalue weighted by molar-refractivity contribution is -0.118. The minimum Gasteiger partial charge on any atom is -0.357 e. The van der Waals surface area contributed by atoms with Crippen molar-refractivity contribution in [1.29, 1.82) is 0 Å². The van der Waals surface area contributed by atoms with Crippen LogP contribution >= 0.6 is 11.3 Å². The topological polar surface area (TPSA) is 78.4 Å². The molecule has 1 amide bonds. The maximum absolute atomic E-state index is 10.8. The van der Waals surface area contributed by atoms with Gasteiger partial charge in [-0.05, 0) is 20.8 Å². The summed E-state index contributed by atoms with van der Waals surface area (Å²) in [5.41, 5.74) is 1.05. The summed E-state index contributed by atoms with van der Waals surface area (Å²) in [6.07, 6.45) is 0. The van der Waals surface area contributed by atoms with Crippen LogP contribution in [0.3, 0.4) is 0 Å². The van der Waals surface area contributed by atoms with Gasteiger partial charge in [0.25, 0.3) is 0 Å². The van der Waals surface area contributed by atoms with Crippen LogP contribution in [0.4, 0.5) is 0 Å². The van der Waals surface area contributed by atoms with Crippen molar-refractivity contribution in [3.8, 4) is 0 Å². The molecule has 0 spiro atoms. The van der Waals surface area contributed by atoms with Crippen LogP contribution in [-0.4, -0.2) is 36.5 Å². The van der Waals surface area contributed by atoms with E-state index in [0.717, 1.165) is 23.2 Å². The SMILES string of the molecule is CCNC(=NCc1sc(C)nc1C)NCCNC(C)=O. The Labute approximate surface area is 124 Å². The number of guanidine groups is 1. The fourth-order valence-corrected chi connectivity index (χ4v) is 2.49. The molecule has 3 N–H and O–H groups in total. The van der Waals surface area contributed by atoms with Gasteiger partial charge in [-0.3, -0.25) is 4.79 Å². The summed E-state index contributed by atoms with van der Waals surface area (Å²) in [6, 6.07) is 0. The van der Waals surface area contributed by atoms with Gasteiger partial charge in [0.2, 0.25) is 5.91 Å². The largest absolute Gasteiger partial charge is 0.357 e. The van der Waals surface area contributed by atoms with Crippen molar-refractivity contribution in [2.24, 2.45) is 4.99 Å². The molecule has 1 heterocycles. The first-order valence-corrected chi connectivity index (χ1v) is 7.54. The second kappa shape index (κ2) is 8.52. The summed E-state index contributed by atoms with van der Waals surface area (Å²) in [6.45, 7) is 10.2. The molecule has 0 aliphatic carbocycles. The van der Waals surface area contributed by atoms with Crippen molar-refractivity contribution >= 4 is 23.2 Å². The average Bonchev–Trinajstić information content (AvgIpc) is 2.69. The van der Waals surface area contributed by atoms with Crippen molar-refractivity contribution in [2.45, 2.75) is 34.2 Å². The van der Waals surface area contributed by atoms with Crippen LogP contribution in [-0.2, 0) is 11.3 Å². The summed E-state index contributed by atoms with van der Waals surface area (Å²) in [4.78, 5) is 20.9. The van der Waals surface area contributed by atoms with Gasteiger partial charge in [0.15, 0.2) is 5.96 Å². The summed E-state index contributed by atoms with van der Waals surface area (Å²) >= 11 is 1.68. The second-order valence-electron chi connectivity index (χ2n) is 4.35. The third kappa shape index (κ3) is 6.01. The second-order valence-corrected chi connectivity index (χ2v) is 5.63. The molecule has 6 nitrogen and oxygen atoms in total. The van der Waals surface area contributed by atoms with Gasteiger partial charge in [0, 0.05) is 31.4 Å². The van der Waals surface area contributed by atoms with E-state index in [1.165, 1.54) is 11.8 Å². The normalized spacial score (nSPS) is 11.3. The lowest BCUT2D eigenvalue weighted by atomic mass is 10.4. The molecule has 0 aromatic carbocycles. The third-order valence-corrected chi connectivity index (χ3v) is 3.57. The molecule has 112 valence electrons. The third-order valence-electron chi connectivity index (χ3n) is 2.52. The molecule has 0 bridgehead atoms. The molecular formula is C13H23N5OS. The van der Waals surface area contributed by atoms with Crippen molar-refractivity contribution in [3.63, 3.8) is 0 Å². The van der Waals surface area contributed by atoms with E-state index >= 15 is 0 Å². The van der Waals surface area contributed by atoms with Crippen molar-refractivity contribution in [1.82, 2.24) is 20.9 Å². The van der Waals surface area contributed by atoms with Gasteiger partial charge in [-0.1, -0.05) is 0 Å². The number of hydrogen-bond acceptors (Lipinski definition) is 4. The Morgan fingerprint density at radius 1 is 1.25 bits per heavy atom. The molecule has 0 unspecified atom stereocenters. The number of amides is 1. The summed E-state index contributed by atoms with van der Waals surface area (Å²) in [5, 5.41) is 10.2. The quantitative estimate of drug-likeness (QED) is 0.415. The lowest BCUT2D eigenvalue weighted by Gasteiger charge is -2.11. The van der Waals surface area contributed by atoms with Gasteiger partial charge in [-0.15, -0.1) is 11.3 Å². The molecule has 0 aliphatic heterocycles. The van der Waals surface area contributed by atoms with Crippen molar-refractivity contribution < 1.29 is 4.79 Å². The van der Waals surface area contributed by atoms with E-state index in [0.29, 0.717) is 19.6 Å². The van der Waals surface area contributed by atoms with Crippen LogP contribution in [0.15, 0.2) is 4.99 Å². The zero-order valence-electron chi connectivity index (χ0n) is 12.5. The lowest BCUT2D eigenvalue weighted by Crippen LogP contribution is -2.41. The molecule has 1 aromatic rings. The Bertz CT molecular complexity index is 469. The highest BCUT2D eigenvalue weighted by Gasteiger charge is 2.04. The number of thiazole rings is 1. The Hall–Kier alpha value is -1.63. The number of rotatable bonds is 6. The molecule has 7 heteroatoms. The number of nitrogens with one attached hydrogen (secondary N) is 3. The predicted molar refractivity (Wildman–Crippen MR) is 83.1 cm³/mol. The maximum Gasteiger partial charge on any atom is 0.216 e. The molecule has 0 saturated heterocycles. The Balaban J connectivity index is 2.49. The van der Waals surface area contributed by atoms with E-state index in [1.807, 2.05) is 20.8 Å². The monoisotopic (exact) mass is 297 g/mol. The molecule has 20 heavy (non-hydrogen) atoms. The van der Waals surface area contributed by atoms with E-state index in [-0.39, 0.29) is 5.91 Å². The molecule has 0 atom stereocenters. The number of hydrogen-bond donors (Lipinski definition) is 3. The minimum absolute atomic E-state index is 0.0236. The highest BCUT2D eigenvalue weighted by molar-refractivity contribution is 7.11. The maximum atomic E-state index is 10.8. The highest BCUT2D eigenvalue weighted by Crippen LogP contribution is 2.17. The fraction of sp³-hybridized carbons (Fsp3) is 0.615. The van der Waals surface area contributed by atoms with Gasteiger partial charge >= 0.3 is 0 Å². The smallest absolute Gasteiger partial charge is 0.216 e. The van der Waals surface area contributed by atoms with Crippen LogP contribution in [0.5, 0.6) is 0 Å². The van der Waals surface area contributed by atoms with Crippen LogP contribution < -0.4 is 16.0 Å². The van der Waals surface area contributed by atoms with Gasteiger partial charge in [0.05, 0.1) is 17.2 Å². The van der Waals surface area contributed by atoms with Gasteiger partial charge in [-0.25, -0.2) is 9.98 Å². The zero-order valence-corrected chi connectivity index (χ0v) is 13.4. The Kier molecular flexibility index (Phi) is 7.00. The first-order valence-electron chi connectivity index (χ1n) is 6.72. The number of carbonyl (C=O) groups excluding carboxylic acids is 1. The molecule has 1 aromatic heterocycles. The molecular weight excluding hydrogens is 274 g/mol. The number of aromatic nitrogens is 1. The van der Waals surface area contributed by atoms with Gasteiger partial charge in [-0.2, -0.15) is 0 Å². The van der Waals surface area contributed by atoms with E-state index in [2.05, 4.69) is 25.9 Å². The van der Waals surface area contributed by atoms with E-state index in [4.69, 9.17) is 0 Å². The summed E-state index contributed by atoms with van der Waals surface area (Å²) in [7, 11) is 0. The van der Waals surface area contributed by atoms with Crippen LogP contribution in [0.25, 0.3) is 0 Å². The van der Waals surface area contributed by atoms with E-state index < -0.39 is 0 Å². The van der Waals surface area contributed by atoms with Crippen LogP contribution in [0, 0.1) is 13.8 Å². The standard InChI is InChI=1S/C13H23N5OS/c1-5-14-13(16-7-6-15-10(3)19)17-8-12-9(2)18-11(4)20-12/h5-8H2,1-4H3,(H,15,19)(H2,14,16,17). The first-order chi connectivity index (χ1) is 9.52. The molecule has 0 saturated carbocycles. The minimum atomic E-state index is -0.0236. The number of carbonyl (C=O) groups is 1. The van der Waals surface area contributed by atoms with Crippen LogP contribution in [0.1, 0.15) is 29.4 Å². The van der Waals surface area contributed by atoms with Gasteiger partial charge in [0.1, 0.15) is 0 Å². The Morgan fingerprint density at radius 2 is 1.95 bits per heavy atom. The number of aryl methyl sites for hydroxylation is 2.